The molecule has 0 fully saturated rings. The van der Waals surface area contributed by atoms with Crippen LogP contribution in [0.15, 0.2) is 60.7 Å². The normalized spacial score (nSPS) is 12.9. The van der Waals surface area contributed by atoms with Gasteiger partial charge in [0.25, 0.3) is 0 Å². The highest BCUT2D eigenvalue weighted by molar-refractivity contribution is 7.99. The summed E-state index contributed by atoms with van der Waals surface area (Å²) in [6.07, 6.45) is 1.31. The van der Waals surface area contributed by atoms with Crippen LogP contribution in [0.4, 0.5) is 11.7 Å². The molecule has 1 aliphatic rings. The third-order valence-corrected chi connectivity index (χ3v) is 8.86. The van der Waals surface area contributed by atoms with Gasteiger partial charge in [0.05, 0.1) is 6.54 Å². The lowest BCUT2D eigenvalue weighted by Crippen LogP contribution is -2.35. The van der Waals surface area contributed by atoms with Gasteiger partial charge in [-0.15, -0.1) is 12.4 Å². The second kappa shape index (κ2) is 21.4. The van der Waals surface area contributed by atoms with Crippen molar-refractivity contribution in [3.05, 3.63) is 73.4 Å². The van der Waals surface area contributed by atoms with Gasteiger partial charge in [-0.2, -0.15) is 16.8 Å². The minimum atomic E-state index is -5.69. The molecule has 0 atom stereocenters. The van der Waals surface area contributed by atoms with E-state index in [9.17, 15) is 36.9 Å². The van der Waals surface area contributed by atoms with Gasteiger partial charge < -0.3 is 24.7 Å². The highest BCUT2D eigenvalue weighted by Crippen LogP contribution is 2.15. The minimum absolute atomic E-state index is 0.215. The fourth-order valence-corrected chi connectivity index (χ4v) is 5.21. The van der Waals surface area contributed by atoms with Crippen molar-refractivity contribution in [1.82, 2.24) is 8.61 Å². The van der Waals surface area contributed by atoms with Gasteiger partial charge in [0.1, 0.15) is 30.9 Å². The predicted molar refractivity (Wildman–Crippen MR) is 170 cm³/mol. The number of halogens is 3. The molecule has 0 aliphatic carbocycles. The lowest BCUT2D eigenvalue weighted by atomic mass is 10.3. The summed E-state index contributed by atoms with van der Waals surface area (Å²) in [5.74, 6) is 1.19. The van der Waals surface area contributed by atoms with E-state index in [1.54, 1.807) is 18.2 Å². The van der Waals surface area contributed by atoms with Crippen molar-refractivity contribution >= 4 is 44.2 Å². The lowest BCUT2D eigenvalue weighted by molar-refractivity contribution is -0.585. The van der Waals surface area contributed by atoms with Crippen LogP contribution in [0.25, 0.3) is 0 Å². The van der Waals surface area contributed by atoms with Crippen molar-refractivity contribution in [2.45, 2.75) is 27.7 Å². The Bertz CT molecular complexity index is 1480. The molecule has 262 valence electrons. The van der Waals surface area contributed by atoms with E-state index in [2.05, 4.69) is 32.4 Å². The molecule has 0 saturated heterocycles. The monoisotopic (exact) mass is 717 g/mol. The molecule has 3 rings (SSSR count). The molecular formula is C27H42F3N5O8S3. The zero-order chi connectivity index (χ0) is 35.4. The molecule has 0 saturated carbocycles. The van der Waals surface area contributed by atoms with Crippen LogP contribution in [0, 0.1) is 12.7 Å². The van der Waals surface area contributed by atoms with Gasteiger partial charge in [0.2, 0.25) is 6.17 Å². The molecule has 0 bridgehead atoms. The molecule has 0 amide bonds. The Morgan fingerprint density at radius 1 is 0.804 bits per heavy atom. The van der Waals surface area contributed by atoms with E-state index in [1.165, 1.54) is 49.8 Å². The minimum Gasteiger partial charge on any atom is -0.492 e. The topological polar surface area (TPSA) is 159 Å². The fraction of sp³-hybridized carbons (Fsp3) is 0.407. The second-order valence-electron chi connectivity index (χ2n) is 8.66. The molecule has 0 unspecified atom stereocenters. The summed E-state index contributed by atoms with van der Waals surface area (Å²) < 4.78 is 111. The maximum absolute atomic E-state index is 12.5. The van der Waals surface area contributed by atoms with E-state index in [0.29, 0.717) is 22.9 Å². The number of para-hydroxylation sites is 2. The summed E-state index contributed by atoms with van der Waals surface area (Å²) in [6.45, 7) is 16.0. The molecule has 13 nitrogen and oxygen atoms in total. The van der Waals surface area contributed by atoms with Crippen LogP contribution in [0.5, 0.6) is 11.5 Å². The Hall–Kier alpha value is -3.36. The zero-order valence-electron chi connectivity index (χ0n) is 26.1. The van der Waals surface area contributed by atoms with E-state index in [0.717, 1.165) is 12.0 Å². The summed E-state index contributed by atoms with van der Waals surface area (Å²) in [6, 6.07) is 17.6. The first kappa shape index (κ1) is 42.6. The van der Waals surface area contributed by atoms with Gasteiger partial charge in [-0.3, -0.25) is 0 Å². The van der Waals surface area contributed by atoms with E-state index in [4.69, 9.17) is 15.2 Å². The van der Waals surface area contributed by atoms with Crippen LogP contribution in [-0.4, -0.2) is 101 Å². The summed E-state index contributed by atoms with van der Waals surface area (Å²) in [5, 5.41) is 0. The molecule has 2 aromatic rings. The molecule has 0 spiro atoms. The Balaban J connectivity index is 0.000000625. The largest absolute Gasteiger partial charge is 0.536 e. The number of ether oxygens (including phenoxy) is 2. The van der Waals surface area contributed by atoms with Gasteiger partial charge in [0.15, 0.2) is 0 Å². The maximum atomic E-state index is 12.5. The Morgan fingerprint density at radius 2 is 1.22 bits per heavy atom. The van der Waals surface area contributed by atoms with E-state index >= 15 is 0 Å². The smallest absolute Gasteiger partial charge is 0.492 e. The Morgan fingerprint density at radius 3 is 1.48 bits per heavy atom. The first-order chi connectivity index (χ1) is 21.4. The molecule has 0 radical (unpaired) electrons. The quantitative estimate of drug-likeness (QED) is 0.186. The van der Waals surface area contributed by atoms with Gasteiger partial charge in [-0.05, 0) is 54.5 Å². The standard InChI is InChI=1S/C8H9F2NO5S2.C8H11NO.C6H15N.C5H7FN2O2S/c9-17(12,13)11(18(10,14)15)6-7-16-8-4-2-1-3-5-8;9-6-7-10-8-4-2-1-3-5-8;1-4-7(5-2)6-3;1-5-7(2)3-4-8(5)11(6,9)10/h1-5H,6-7H2;1-5H,6-7,9H2;4-6H2,1-3H3;3-4H,2H2,1H3. The fourth-order valence-electron chi connectivity index (χ4n) is 3.16. The van der Waals surface area contributed by atoms with Gasteiger partial charge in [-0.25, -0.2) is 0 Å². The third kappa shape index (κ3) is 18.0. The summed E-state index contributed by atoms with van der Waals surface area (Å²) in [5.41, 5.74) is 5.25. The van der Waals surface area contributed by atoms with Crippen LogP contribution in [0.3, 0.4) is 0 Å². The predicted octanol–water partition coefficient (Wildman–Crippen LogP) is 2.85. The Kier molecular flexibility index (Phi) is 19.9. The highest BCUT2D eigenvalue weighted by Gasteiger charge is 2.34. The molecule has 2 N–H and O–H groups in total. The van der Waals surface area contributed by atoms with Gasteiger partial charge in [0, 0.05) is 13.1 Å². The second-order valence-corrected chi connectivity index (χ2v) is 12.6. The van der Waals surface area contributed by atoms with E-state index < -0.39 is 48.1 Å². The molecule has 1 aliphatic heterocycles. The van der Waals surface area contributed by atoms with Crippen molar-refractivity contribution in [3.63, 3.8) is 0 Å². The van der Waals surface area contributed by atoms with Gasteiger partial charge in [-0.1, -0.05) is 75.5 Å². The molecule has 46 heavy (non-hydrogen) atoms. The lowest BCUT2D eigenvalue weighted by Gasteiger charge is -2.13. The van der Waals surface area contributed by atoms with Crippen LogP contribution in [-0.2, 0) is 31.2 Å². The van der Waals surface area contributed by atoms with Crippen LogP contribution in [0.1, 0.15) is 27.7 Å². The van der Waals surface area contributed by atoms with Gasteiger partial charge >= 0.3 is 31.2 Å². The van der Waals surface area contributed by atoms with Crippen LogP contribution in [0.2, 0.25) is 0 Å². The molecule has 1 heterocycles. The Labute approximate surface area is 271 Å². The van der Waals surface area contributed by atoms with Crippen molar-refractivity contribution in [2.24, 2.45) is 5.73 Å². The number of rotatable bonds is 13. The molecule has 19 heteroatoms. The van der Waals surface area contributed by atoms with E-state index in [1.807, 2.05) is 30.3 Å². The number of nitrogens with zero attached hydrogens (tertiary/aromatic N) is 4. The summed E-state index contributed by atoms with van der Waals surface area (Å²) >= 11 is 0. The van der Waals surface area contributed by atoms with Crippen molar-refractivity contribution in [3.8, 4) is 11.5 Å². The maximum Gasteiger partial charge on any atom is 0.536 e. The highest BCUT2D eigenvalue weighted by atomic mass is 32.3. The zero-order valence-corrected chi connectivity index (χ0v) is 28.5. The number of hydrogen-bond acceptors (Lipinski definition) is 10. The van der Waals surface area contributed by atoms with Crippen molar-refractivity contribution < 1.29 is 54.9 Å². The number of nitrogens with two attached hydrogens (primary N) is 1. The first-order valence-electron chi connectivity index (χ1n) is 13.7. The number of hydrogen-bond donors (Lipinski definition) is 1. The SMILES string of the molecule is C=[N+]1[CH-]C=[N+](S(=O)(=O)F)[C-]1C.CCN(CC)CC.NCCOc1ccccc1.O=S(=O)(F)N(CCOc1ccccc1)S(=O)(=O)F. The average molecular weight is 718 g/mol. The van der Waals surface area contributed by atoms with Crippen molar-refractivity contribution in [2.75, 3.05) is 45.9 Å². The number of benzene rings is 2. The third-order valence-electron chi connectivity index (χ3n) is 5.60. The average Bonchev–Trinajstić information content (AvgIpc) is 3.34. The van der Waals surface area contributed by atoms with E-state index in [-0.39, 0.29) is 6.17 Å². The molecule has 0 aromatic heterocycles. The summed E-state index contributed by atoms with van der Waals surface area (Å²) in [7, 11) is -16.0. The molecular weight excluding hydrogens is 676 g/mol. The van der Waals surface area contributed by atoms with Crippen molar-refractivity contribution in [1.29, 1.82) is 0 Å². The first-order valence-corrected chi connectivity index (χ1v) is 17.7. The van der Waals surface area contributed by atoms with Crippen LogP contribution < -0.4 is 15.2 Å². The summed E-state index contributed by atoms with van der Waals surface area (Å²) in [4.78, 5) is 2.38. The molecule has 2 aromatic carbocycles. The van der Waals surface area contributed by atoms with Crippen LogP contribution >= 0.6 is 0 Å².